The van der Waals surface area contributed by atoms with E-state index in [2.05, 4.69) is 0 Å². The highest BCUT2D eigenvalue weighted by Crippen LogP contribution is 2.46. The van der Waals surface area contributed by atoms with E-state index in [1.54, 1.807) is 0 Å². The second-order valence-electron chi connectivity index (χ2n) is 12.6. The first-order chi connectivity index (χ1) is 21.7. The smallest absolute Gasteiger partial charge is 0.416 e. The maximum absolute atomic E-state index is 15.4. The summed E-state index contributed by atoms with van der Waals surface area (Å²) in [5, 5.41) is 9.17. The normalized spacial score (nSPS) is 20.1. The molecule has 0 bridgehead atoms. The zero-order valence-corrected chi connectivity index (χ0v) is 25.3. The predicted octanol–water partition coefficient (Wildman–Crippen LogP) is 9.91. The Hall–Kier alpha value is -4.42. The van der Waals surface area contributed by atoms with Crippen LogP contribution in [0.15, 0.2) is 60.2 Å². The molecule has 1 aliphatic carbocycles. The van der Waals surface area contributed by atoms with Crippen molar-refractivity contribution < 1.29 is 54.6 Å². The Morgan fingerprint density at radius 2 is 1.55 bits per heavy atom. The van der Waals surface area contributed by atoms with Crippen molar-refractivity contribution in [1.29, 1.82) is 0 Å². The third-order valence-corrected chi connectivity index (χ3v) is 8.68. The molecule has 1 N–H and O–H groups in total. The van der Waals surface area contributed by atoms with Gasteiger partial charge in [-0.2, -0.15) is 26.3 Å². The molecule has 5 nitrogen and oxygen atoms in total. The highest BCUT2D eigenvalue weighted by molar-refractivity contribution is 5.88. The van der Waals surface area contributed by atoms with Crippen LogP contribution in [0.25, 0.3) is 16.7 Å². The summed E-state index contributed by atoms with van der Waals surface area (Å²) < 4.78 is 117. The van der Waals surface area contributed by atoms with Gasteiger partial charge in [-0.15, -0.1) is 0 Å². The van der Waals surface area contributed by atoms with Gasteiger partial charge in [0.2, 0.25) is 0 Å². The highest BCUT2D eigenvalue weighted by atomic mass is 19.4. The first-order valence-electron chi connectivity index (χ1n) is 14.6. The van der Waals surface area contributed by atoms with Crippen molar-refractivity contribution in [3.05, 3.63) is 99.6 Å². The second-order valence-corrected chi connectivity index (χ2v) is 12.6. The molecule has 0 saturated carbocycles. The molecule has 0 spiro atoms. The fourth-order valence-electron chi connectivity index (χ4n) is 6.20. The van der Waals surface area contributed by atoms with Crippen LogP contribution in [0.3, 0.4) is 0 Å². The number of allylic oxidation sites excluding steroid dienone is 1. The Morgan fingerprint density at radius 3 is 2.13 bits per heavy atom. The second kappa shape index (κ2) is 12.0. The predicted molar refractivity (Wildman–Crippen MR) is 155 cm³/mol. The number of amides is 1. The maximum Gasteiger partial charge on any atom is 0.416 e. The molecule has 250 valence electrons. The average molecular weight is 668 g/mol. The van der Waals surface area contributed by atoms with Crippen LogP contribution >= 0.6 is 0 Å². The van der Waals surface area contributed by atoms with Crippen LogP contribution in [0.5, 0.6) is 0 Å². The van der Waals surface area contributed by atoms with E-state index in [-0.39, 0.29) is 40.3 Å². The summed E-state index contributed by atoms with van der Waals surface area (Å²) in [6.07, 6.45) is -11.3. The molecule has 1 amide bonds. The van der Waals surface area contributed by atoms with Crippen LogP contribution in [0.2, 0.25) is 0 Å². The van der Waals surface area contributed by atoms with Crippen molar-refractivity contribution in [3.63, 3.8) is 0 Å². The molecule has 3 aromatic rings. The number of alkyl halides is 6. The molecule has 0 aromatic heterocycles. The molecule has 5 rings (SSSR count). The Morgan fingerprint density at radius 1 is 0.915 bits per heavy atom. The fourth-order valence-corrected chi connectivity index (χ4v) is 6.20. The van der Waals surface area contributed by atoms with E-state index in [1.165, 1.54) is 36.1 Å². The summed E-state index contributed by atoms with van der Waals surface area (Å²) in [7, 11) is 0. The minimum Gasteiger partial charge on any atom is -0.478 e. The van der Waals surface area contributed by atoms with Gasteiger partial charge < -0.3 is 9.84 Å². The number of carbonyl (C=O) groups excluding carboxylic acids is 1. The molecular formula is C34H29F8NO4. The monoisotopic (exact) mass is 667 g/mol. The number of aromatic carboxylic acids is 1. The summed E-state index contributed by atoms with van der Waals surface area (Å²) in [6.45, 7) is 5.23. The van der Waals surface area contributed by atoms with E-state index in [0.717, 1.165) is 12.1 Å². The topological polar surface area (TPSA) is 66.8 Å². The van der Waals surface area contributed by atoms with Crippen molar-refractivity contribution in [2.45, 2.75) is 64.5 Å². The summed E-state index contributed by atoms with van der Waals surface area (Å²) in [6, 6.07) is 7.34. The molecule has 0 radical (unpaired) electrons. The van der Waals surface area contributed by atoms with Crippen LogP contribution < -0.4 is 0 Å². The number of ether oxygens (including phenoxy) is 1. The number of halogens is 8. The van der Waals surface area contributed by atoms with Crippen molar-refractivity contribution in [3.8, 4) is 11.1 Å². The van der Waals surface area contributed by atoms with Crippen molar-refractivity contribution in [1.82, 2.24) is 4.90 Å². The average Bonchev–Trinajstić information content (AvgIpc) is 3.25. The molecule has 47 heavy (non-hydrogen) atoms. The molecule has 1 aliphatic heterocycles. The van der Waals surface area contributed by atoms with Crippen molar-refractivity contribution >= 4 is 17.6 Å². The van der Waals surface area contributed by atoms with E-state index in [9.17, 15) is 40.3 Å². The van der Waals surface area contributed by atoms with Gasteiger partial charge in [0.25, 0.3) is 0 Å². The summed E-state index contributed by atoms with van der Waals surface area (Å²) in [5.74, 6) is -2.79. The standard InChI is InChI=1S/C34H29F8NO4/c1-17-29(20-10-22(33(37,38)39)14-23(11-20)34(40,41)42)47-31(46)43(17)16-21-15-32(2,3)9-8-24(21)26-12-18(5-7-27(26)35)25-6-4-19(30(44)45)13-28(25)36/h4-7,10-14,17,29H,8-9,15-16H2,1-3H3,(H,44,45)/t17-,29?/m0/s1. The van der Waals surface area contributed by atoms with Gasteiger partial charge in [0.15, 0.2) is 0 Å². The zero-order valence-electron chi connectivity index (χ0n) is 25.3. The van der Waals surface area contributed by atoms with Gasteiger partial charge in [-0.05, 0) is 96.3 Å². The number of carboxylic acid groups (broad SMARTS) is 1. The largest absolute Gasteiger partial charge is 0.478 e. The number of hydrogen-bond donors (Lipinski definition) is 1. The summed E-state index contributed by atoms with van der Waals surface area (Å²) in [5.41, 5.74) is -2.56. The van der Waals surface area contributed by atoms with Gasteiger partial charge in [-0.25, -0.2) is 18.4 Å². The first-order valence-corrected chi connectivity index (χ1v) is 14.6. The third-order valence-electron chi connectivity index (χ3n) is 8.68. The molecule has 1 heterocycles. The van der Waals surface area contributed by atoms with Gasteiger partial charge in [0, 0.05) is 17.7 Å². The summed E-state index contributed by atoms with van der Waals surface area (Å²) in [4.78, 5) is 25.5. The molecule has 2 atom stereocenters. The molecular weight excluding hydrogens is 638 g/mol. The summed E-state index contributed by atoms with van der Waals surface area (Å²) >= 11 is 0. The number of cyclic esters (lactones) is 1. The third kappa shape index (κ3) is 6.98. The quantitative estimate of drug-likeness (QED) is 0.266. The van der Waals surface area contributed by atoms with Crippen molar-refractivity contribution in [2.75, 3.05) is 6.54 Å². The molecule has 1 fully saturated rings. The molecule has 1 unspecified atom stereocenters. The van der Waals surface area contributed by atoms with Crippen LogP contribution in [0.1, 0.15) is 78.7 Å². The van der Waals surface area contributed by atoms with E-state index in [0.29, 0.717) is 42.5 Å². The molecule has 3 aromatic carbocycles. The Kier molecular flexibility index (Phi) is 8.65. The van der Waals surface area contributed by atoms with Crippen LogP contribution in [-0.4, -0.2) is 34.7 Å². The minimum absolute atomic E-state index is 0.00104. The minimum atomic E-state index is -5.09. The molecule has 13 heteroatoms. The number of carboxylic acids is 1. The van der Waals surface area contributed by atoms with Gasteiger partial charge in [-0.1, -0.05) is 26.0 Å². The van der Waals surface area contributed by atoms with Gasteiger partial charge in [-0.3, -0.25) is 4.90 Å². The van der Waals surface area contributed by atoms with E-state index in [1.807, 2.05) is 13.8 Å². The van der Waals surface area contributed by atoms with Crippen LogP contribution in [-0.2, 0) is 17.1 Å². The van der Waals surface area contributed by atoms with Crippen LogP contribution in [0.4, 0.5) is 39.9 Å². The number of benzene rings is 3. The van der Waals surface area contributed by atoms with E-state index >= 15 is 4.39 Å². The first kappa shape index (κ1) is 33.9. The lowest BCUT2D eigenvalue weighted by atomic mass is 9.72. The maximum atomic E-state index is 15.4. The number of rotatable bonds is 6. The number of carbonyl (C=O) groups is 2. The van der Waals surface area contributed by atoms with E-state index < -0.39 is 64.9 Å². The SMILES string of the molecule is C[C@H]1C(c2cc(C(F)(F)F)cc(C(F)(F)F)c2)OC(=O)N1CC1=C(c2cc(-c3ccc(C(=O)O)cc3F)ccc2F)CCC(C)(C)C1. The highest BCUT2D eigenvalue weighted by Gasteiger charge is 2.44. The lowest BCUT2D eigenvalue weighted by Crippen LogP contribution is -2.35. The number of nitrogens with zero attached hydrogens (tertiary/aromatic N) is 1. The Labute approximate surface area is 264 Å². The molecule has 1 saturated heterocycles. The Balaban J connectivity index is 1.53. The van der Waals surface area contributed by atoms with Crippen LogP contribution in [0, 0.1) is 17.0 Å². The van der Waals surface area contributed by atoms with Gasteiger partial charge in [0.05, 0.1) is 22.7 Å². The van der Waals surface area contributed by atoms with Crippen molar-refractivity contribution in [2.24, 2.45) is 5.41 Å². The number of hydrogen-bond acceptors (Lipinski definition) is 3. The lowest BCUT2D eigenvalue weighted by molar-refractivity contribution is -0.143. The van der Waals surface area contributed by atoms with Gasteiger partial charge >= 0.3 is 24.4 Å². The lowest BCUT2D eigenvalue weighted by Gasteiger charge is -2.35. The fraction of sp³-hybridized carbons (Fsp3) is 0.353. The molecule has 2 aliphatic rings. The zero-order chi connectivity index (χ0) is 34.6. The Bertz CT molecular complexity index is 1740. The van der Waals surface area contributed by atoms with Gasteiger partial charge in [0.1, 0.15) is 17.7 Å². The van der Waals surface area contributed by atoms with E-state index in [4.69, 9.17) is 9.84 Å².